The fraction of sp³-hybridized carbons (Fsp3) is 0.455. The molecule has 0 atom stereocenters. The second kappa shape index (κ2) is 6.38. The zero-order chi connectivity index (χ0) is 17.4. The van der Waals surface area contributed by atoms with Gasteiger partial charge in [-0.05, 0) is 36.3 Å². The van der Waals surface area contributed by atoms with Crippen LogP contribution in [0.15, 0.2) is 42.5 Å². The average molecular weight is 336 g/mol. The summed E-state index contributed by atoms with van der Waals surface area (Å²) >= 11 is 0. The predicted octanol–water partition coefficient (Wildman–Crippen LogP) is 5.56. The van der Waals surface area contributed by atoms with Crippen LogP contribution in [0.3, 0.4) is 0 Å². The summed E-state index contributed by atoms with van der Waals surface area (Å²) in [4.78, 5) is 0. The van der Waals surface area contributed by atoms with Crippen molar-refractivity contribution in [1.82, 2.24) is 10.0 Å². The minimum Gasteiger partial charge on any atom is -0.341 e. The zero-order valence-electron chi connectivity index (χ0n) is 15.3. The van der Waals surface area contributed by atoms with Crippen LogP contribution in [0, 0.1) is 5.41 Å². The number of hydrogen-bond donors (Lipinski definition) is 2. The molecule has 2 aliphatic carbocycles. The smallest absolute Gasteiger partial charge is 0.0658 e. The molecule has 132 valence electrons. The van der Waals surface area contributed by atoms with Crippen molar-refractivity contribution >= 4 is 5.70 Å². The van der Waals surface area contributed by atoms with Crippen LogP contribution in [0.1, 0.15) is 63.3 Å². The summed E-state index contributed by atoms with van der Waals surface area (Å²) in [5.74, 6) is 0. The Bertz CT molecular complexity index is 780. The molecule has 3 nitrogen and oxygen atoms in total. The first kappa shape index (κ1) is 16.5. The van der Waals surface area contributed by atoms with E-state index in [1.54, 1.807) is 0 Å². The van der Waals surface area contributed by atoms with Crippen LogP contribution in [0.25, 0.3) is 17.0 Å². The predicted molar refractivity (Wildman–Crippen MR) is 102 cm³/mol. The highest BCUT2D eigenvalue weighted by atomic mass is 16.5. The van der Waals surface area contributed by atoms with Crippen LogP contribution in [0.5, 0.6) is 0 Å². The quantitative estimate of drug-likeness (QED) is 0.720. The molecule has 0 spiro atoms. The summed E-state index contributed by atoms with van der Waals surface area (Å²) in [6.07, 6.45) is 9.67. The van der Waals surface area contributed by atoms with Crippen molar-refractivity contribution in [1.29, 1.82) is 0 Å². The first-order valence-corrected chi connectivity index (χ1v) is 9.52. The van der Waals surface area contributed by atoms with Gasteiger partial charge in [0.05, 0.1) is 5.70 Å². The Morgan fingerprint density at radius 2 is 1.80 bits per heavy atom. The van der Waals surface area contributed by atoms with Crippen LogP contribution in [0.4, 0.5) is 0 Å². The zero-order valence-corrected chi connectivity index (χ0v) is 15.3. The normalized spacial score (nSPS) is 20.0. The third-order valence-corrected chi connectivity index (χ3v) is 5.72. The molecule has 0 saturated heterocycles. The van der Waals surface area contributed by atoms with Crippen molar-refractivity contribution in [3.8, 4) is 11.3 Å². The van der Waals surface area contributed by atoms with Crippen LogP contribution in [-0.2, 0) is 6.42 Å². The molecule has 0 bridgehead atoms. The van der Waals surface area contributed by atoms with Crippen molar-refractivity contribution in [3.63, 3.8) is 0 Å². The second-order valence-electron chi connectivity index (χ2n) is 8.25. The molecule has 3 heteroatoms. The molecular weight excluding hydrogens is 308 g/mol. The fourth-order valence-corrected chi connectivity index (χ4v) is 4.61. The van der Waals surface area contributed by atoms with Gasteiger partial charge in [0.1, 0.15) is 0 Å². The van der Waals surface area contributed by atoms with Crippen LogP contribution >= 0.6 is 0 Å². The van der Waals surface area contributed by atoms with Gasteiger partial charge < -0.3 is 4.57 Å². The SMILES string of the molecule is CC1(C)C=C(NO)c2cc(-c3ccccc3)n(C3CCCCC3)c2C1. The van der Waals surface area contributed by atoms with Gasteiger partial charge in [0.25, 0.3) is 0 Å². The molecule has 2 aromatic rings. The van der Waals surface area contributed by atoms with Gasteiger partial charge >= 0.3 is 0 Å². The van der Waals surface area contributed by atoms with E-state index in [1.165, 1.54) is 49.1 Å². The summed E-state index contributed by atoms with van der Waals surface area (Å²) in [5, 5.41) is 9.72. The maximum absolute atomic E-state index is 9.72. The van der Waals surface area contributed by atoms with Crippen LogP contribution < -0.4 is 5.48 Å². The Morgan fingerprint density at radius 1 is 1.08 bits per heavy atom. The molecule has 1 aromatic heterocycles. The van der Waals surface area contributed by atoms with E-state index in [0.717, 1.165) is 17.7 Å². The van der Waals surface area contributed by atoms with Crippen LogP contribution in [0.2, 0.25) is 0 Å². The van der Waals surface area contributed by atoms with E-state index in [2.05, 4.69) is 66.4 Å². The van der Waals surface area contributed by atoms with Gasteiger partial charge in [-0.3, -0.25) is 10.7 Å². The molecule has 0 amide bonds. The Morgan fingerprint density at radius 3 is 2.48 bits per heavy atom. The number of hydroxylamine groups is 1. The van der Waals surface area contributed by atoms with Gasteiger partial charge in [-0.15, -0.1) is 0 Å². The minimum absolute atomic E-state index is 0.0385. The summed E-state index contributed by atoms with van der Waals surface area (Å²) in [6.45, 7) is 4.49. The van der Waals surface area contributed by atoms with Crippen LogP contribution in [-0.4, -0.2) is 9.77 Å². The molecule has 1 heterocycles. The lowest BCUT2D eigenvalue weighted by Gasteiger charge is -2.33. The van der Waals surface area contributed by atoms with Gasteiger partial charge in [0, 0.05) is 23.0 Å². The van der Waals surface area contributed by atoms with Crippen molar-refractivity contribution in [2.75, 3.05) is 0 Å². The molecule has 1 aromatic carbocycles. The topological polar surface area (TPSA) is 37.2 Å². The fourth-order valence-electron chi connectivity index (χ4n) is 4.61. The number of hydrogen-bond acceptors (Lipinski definition) is 2. The number of allylic oxidation sites excluding steroid dienone is 1. The van der Waals surface area contributed by atoms with E-state index < -0.39 is 0 Å². The maximum atomic E-state index is 9.72. The molecule has 0 aliphatic heterocycles. The van der Waals surface area contributed by atoms with Crippen molar-refractivity contribution in [3.05, 3.63) is 53.7 Å². The summed E-state index contributed by atoms with van der Waals surface area (Å²) in [5.41, 5.74) is 8.42. The standard InChI is InChI=1S/C22H28N2O/c1-22(2)14-19(23-25)18-13-20(16-9-5-3-6-10-16)24(21(18)15-22)17-11-7-4-8-12-17/h3,5-6,9-10,13-14,17,23,25H,4,7-8,11-12,15H2,1-2H3. The lowest BCUT2D eigenvalue weighted by Crippen LogP contribution is -2.26. The lowest BCUT2D eigenvalue weighted by molar-refractivity contribution is 0.221. The van der Waals surface area contributed by atoms with E-state index in [9.17, 15) is 5.21 Å². The molecular formula is C22H28N2O. The molecule has 4 rings (SSSR count). The summed E-state index contributed by atoms with van der Waals surface area (Å²) in [6, 6.07) is 13.5. The first-order chi connectivity index (χ1) is 12.1. The molecule has 1 fully saturated rings. The number of aromatic nitrogens is 1. The molecule has 1 saturated carbocycles. The second-order valence-corrected chi connectivity index (χ2v) is 8.25. The molecule has 0 unspecified atom stereocenters. The third-order valence-electron chi connectivity index (χ3n) is 5.72. The highest BCUT2D eigenvalue weighted by Crippen LogP contribution is 2.43. The van der Waals surface area contributed by atoms with Gasteiger partial charge in [0.15, 0.2) is 0 Å². The van der Waals surface area contributed by atoms with Crippen molar-refractivity contribution in [2.24, 2.45) is 5.41 Å². The van der Waals surface area contributed by atoms with Crippen molar-refractivity contribution in [2.45, 2.75) is 58.4 Å². The summed E-state index contributed by atoms with van der Waals surface area (Å²) in [7, 11) is 0. The van der Waals surface area contributed by atoms with Gasteiger partial charge in [-0.1, -0.05) is 69.5 Å². The largest absolute Gasteiger partial charge is 0.341 e. The number of nitrogens with zero attached hydrogens (tertiary/aromatic N) is 1. The molecule has 25 heavy (non-hydrogen) atoms. The maximum Gasteiger partial charge on any atom is 0.0658 e. The Labute approximate surface area is 150 Å². The number of rotatable bonds is 3. The Hall–Kier alpha value is -2.00. The van der Waals surface area contributed by atoms with E-state index in [4.69, 9.17) is 0 Å². The third kappa shape index (κ3) is 3.02. The van der Waals surface area contributed by atoms with E-state index in [1.807, 2.05) is 0 Å². The van der Waals surface area contributed by atoms with E-state index in [-0.39, 0.29) is 5.41 Å². The number of nitrogens with one attached hydrogen (secondary N) is 1. The number of benzene rings is 1. The van der Waals surface area contributed by atoms with Gasteiger partial charge in [-0.2, -0.15) is 0 Å². The highest BCUT2D eigenvalue weighted by molar-refractivity contribution is 5.75. The summed E-state index contributed by atoms with van der Waals surface area (Å²) < 4.78 is 2.59. The minimum atomic E-state index is 0.0385. The van der Waals surface area contributed by atoms with Crippen molar-refractivity contribution < 1.29 is 5.21 Å². The average Bonchev–Trinajstić information content (AvgIpc) is 3.00. The molecule has 0 radical (unpaired) electrons. The number of fused-ring (bicyclic) bond motifs is 1. The lowest BCUT2D eigenvalue weighted by atomic mass is 9.80. The first-order valence-electron chi connectivity index (χ1n) is 9.52. The van der Waals surface area contributed by atoms with Gasteiger partial charge in [0.2, 0.25) is 0 Å². The monoisotopic (exact) mass is 336 g/mol. The Balaban J connectivity index is 1.91. The highest BCUT2D eigenvalue weighted by Gasteiger charge is 2.32. The molecule has 2 N–H and O–H groups in total. The Kier molecular flexibility index (Phi) is 4.20. The molecule has 2 aliphatic rings. The van der Waals surface area contributed by atoms with E-state index in [0.29, 0.717) is 6.04 Å². The van der Waals surface area contributed by atoms with E-state index >= 15 is 0 Å². The van der Waals surface area contributed by atoms with Gasteiger partial charge in [-0.25, -0.2) is 0 Å².